The van der Waals surface area contributed by atoms with Crippen LogP contribution < -0.4 is 0 Å². The lowest BCUT2D eigenvalue weighted by Crippen LogP contribution is -2.53. The summed E-state index contributed by atoms with van der Waals surface area (Å²) < 4.78 is 10.6. The van der Waals surface area contributed by atoms with E-state index in [1.807, 2.05) is 21.7 Å². The number of esters is 1. The summed E-state index contributed by atoms with van der Waals surface area (Å²) in [6, 6.07) is 1.97. The van der Waals surface area contributed by atoms with Crippen molar-refractivity contribution < 1.29 is 19.1 Å². The molecule has 114 valence electrons. The van der Waals surface area contributed by atoms with Crippen molar-refractivity contribution in [1.82, 2.24) is 4.90 Å². The minimum absolute atomic E-state index is 0.0348. The SMILES string of the molecule is COC(=O)C1CC2C(CCC(C)N2C(=O)c2ccsc2)O1. The van der Waals surface area contributed by atoms with Gasteiger partial charge in [0.15, 0.2) is 6.10 Å². The molecule has 2 aliphatic rings. The van der Waals surface area contributed by atoms with E-state index in [9.17, 15) is 9.59 Å². The first-order chi connectivity index (χ1) is 10.1. The Labute approximate surface area is 127 Å². The van der Waals surface area contributed by atoms with Crippen LogP contribution in [0.1, 0.15) is 36.5 Å². The predicted octanol–water partition coefficient (Wildman–Crippen LogP) is 2.07. The molecule has 4 unspecified atom stereocenters. The van der Waals surface area contributed by atoms with Crippen LogP contribution in [0, 0.1) is 0 Å². The summed E-state index contributed by atoms with van der Waals surface area (Å²) in [5.41, 5.74) is 0.717. The van der Waals surface area contributed by atoms with E-state index in [1.54, 1.807) is 0 Å². The Morgan fingerprint density at radius 2 is 2.24 bits per heavy atom. The maximum atomic E-state index is 12.7. The summed E-state index contributed by atoms with van der Waals surface area (Å²) >= 11 is 1.51. The molecule has 0 aromatic carbocycles. The van der Waals surface area contributed by atoms with Crippen molar-refractivity contribution in [1.29, 1.82) is 0 Å². The van der Waals surface area contributed by atoms with E-state index in [4.69, 9.17) is 9.47 Å². The van der Waals surface area contributed by atoms with Gasteiger partial charge < -0.3 is 14.4 Å². The first-order valence-electron chi connectivity index (χ1n) is 7.20. The van der Waals surface area contributed by atoms with E-state index < -0.39 is 6.10 Å². The fraction of sp³-hybridized carbons (Fsp3) is 0.600. The Morgan fingerprint density at radius 1 is 1.43 bits per heavy atom. The van der Waals surface area contributed by atoms with Gasteiger partial charge in [0.05, 0.1) is 24.8 Å². The first-order valence-corrected chi connectivity index (χ1v) is 8.14. The van der Waals surface area contributed by atoms with Gasteiger partial charge in [0, 0.05) is 17.8 Å². The molecule has 2 fully saturated rings. The van der Waals surface area contributed by atoms with Crippen LogP contribution in [0.25, 0.3) is 0 Å². The third-order valence-electron chi connectivity index (χ3n) is 4.39. The number of carbonyl (C=O) groups excluding carboxylic acids is 2. The van der Waals surface area contributed by atoms with Gasteiger partial charge in [0.1, 0.15) is 0 Å². The highest BCUT2D eigenvalue weighted by Crippen LogP contribution is 2.36. The third-order valence-corrected chi connectivity index (χ3v) is 5.07. The monoisotopic (exact) mass is 309 g/mol. The number of rotatable bonds is 2. The Bertz CT molecular complexity index is 530. The molecule has 0 saturated carbocycles. The maximum absolute atomic E-state index is 12.7. The van der Waals surface area contributed by atoms with Gasteiger partial charge in [0.2, 0.25) is 0 Å². The number of piperidine rings is 1. The zero-order valence-electron chi connectivity index (χ0n) is 12.2. The van der Waals surface area contributed by atoms with Gasteiger partial charge in [-0.3, -0.25) is 4.79 Å². The number of ether oxygens (including phenoxy) is 2. The summed E-state index contributed by atoms with van der Waals surface area (Å²) in [4.78, 5) is 26.3. The summed E-state index contributed by atoms with van der Waals surface area (Å²) in [6.07, 6.45) is 1.69. The van der Waals surface area contributed by atoms with Gasteiger partial charge in [-0.25, -0.2) is 4.79 Å². The molecule has 5 nitrogen and oxygen atoms in total. The molecule has 0 N–H and O–H groups in total. The van der Waals surface area contributed by atoms with Crippen LogP contribution >= 0.6 is 11.3 Å². The van der Waals surface area contributed by atoms with Crippen molar-refractivity contribution in [3.05, 3.63) is 22.4 Å². The van der Waals surface area contributed by atoms with Crippen molar-refractivity contribution in [2.24, 2.45) is 0 Å². The predicted molar refractivity (Wildman–Crippen MR) is 78.3 cm³/mol. The summed E-state index contributed by atoms with van der Waals surface area (Å²) in [5, 5.41) is 3.77. The second-order valence-corrected chi connectivity index (χ2v) is 6.42. The standard InChI is InChI=1S/C15H19NO4S/c1-9-3-4-12-11(7-13(20-12)15(18)19-2)16(9)14(17)10-5-6-21-8-10/h5-6,8-9,11-13H,3-4,7H2,1-2H3. The molecule has 0 bridgehead atoms. The largest absolute Gasteiger partial charge is 0.467 e. The average Bonchev–Trinajstić information content (AvgIpc) is 3.14. The molecular formula is C15H19NO4S. The number of hydrogen-bond donors (Lipinski definition) is 0. The molecule has 1 amide bonds. The average molecular weight is 309 g/mol. The number of amides is 1. The van der Waals surface area contributed by atoms with Gasteiger partial charge in [-0.2, -0.15) is 11.3 Å². The van der Waals surface area contributed by atoms with Crippen LogP contribution in [0.5, 0.6) is 0 Å². The van der Waals surface area contributed by atoms with Crippen LogP contribution in [-0.4, -0.2) is 48.2 Å². The molecule has 4 atom stereocenters. The topological polar surface area (TPSA) is 55.8 Å². The maximum Gasteiger partial charge on any atom is 0.335 e. The lowest BCUT2D eigenvalue weighted by atomic mass is 9.92. The number of thiophene rings is 1. The summed E-state index contributed by atoms with van der Waals surface area (Å²) in [6.45, 7) is 2.06. The van der Waals surface area contributed by atoms with Crippen molar-refractivity contribution in [2.45, 2.75) is 50.5 Å². The quantitative estimate of drug-likeness (QED) is 0.785. The van der Waals surface area contributed by atoms with Crippen LogP contribution in [0.15, 0.2) is 16.8 Å². The van der Waals surface area contributed by atoms with Crippen LogP contribution in [0.3, 0.4) is 0 Å². The Hall–Kier alpha value is -1.40. The van der Waals surface area contributed by atoms with Gasteiger partial charge >= 0.3 is 5.97 Å². The number of carbonyl (C=O) groups is 2. The lowest BCUT2D eigenvalue weighted by Gasteiger charge is -2.41. The van der Waals surface area contributed by atoms with Crippen LogP contribution in [-0.2, 0) is 14.3 Å². The zero-order chi connectivity index (χ0) is 15.0. The highest BCUT2D eigenvalue weighted by molar-refractivity contribution is 7.08. The molecular weight excluding hydrogens is 290 g/mol. The first kappa shape index (κ1) is 14.5. The second-order valence-electron chi connectivity index (χ2n) is 5.64. The molecule has 0 spiro atoms. The zero-order valence-corrected chi connectivity index (χ0v) is 13.0. The molecule has 0 radical (unpaired) electrons. The van der Waals surface area contributed by atoms with Gasteiger partial charge in [0.25, 0.3) is 5.91 Å². The van der Waals surface area contributed by atoms with E-state index >= 15 is 0 Å². The fourth-order valence-electron chi connectivity index (χ4n) is 3.32. The Morgan fingerprint density at radius 3 is 2.90 bits per heavy atom. The number of methoxy groups -OCH3 is 1. The van der Waals surface area contributed by atoms with Crippen molar-refractivity contribution in [3.8, 4) is 0 Å². The summed E-state index contributed by atoms with van der Waals surface area (Å²) in [5.74, 6) is -0.312. The third kappa shape index (κ3) is 2.58. The van der Waals surface area contributed by atoms with E-state index in [2.05, 4.69) is 6.92 Å². The Kier molecular flexibility index (Phi) is 3.99. The highest BCUT2D eigenvalue weighted by atomic mass is 32.1. The van der Waals surface area contributed by atoms with E-state index in [0.29, 0.717) is 12.0 Å². The molecule has 1 aromatic heterocycles. The minimum Gasteiger partial charge on any atom is -0.467 e. The summed E-state index contributed by atoms with van der Waals surface area (Å²) in [7, 11) is 1.37. The number of nitrogens with zero attached hydrogens (tertiary/aromatic N) is 1. The molecule has 1 aromatic rings. The number of hydrogen-bond acceptors (Lipinski definition) is 5. The lowest BCUT2D eigenvalue weighted by molar-refractivity contribution is -0.153. The molecule has 21 heavy (non-hydrogen) atoms. The normalized spacial score (nSPS) is 31.8. The van der Waals surface area contributed by atoms with Gasteiger partial charge in [-0.1, -0.05) is 0 Å². The second kappa shape index (κ2) is 5.77. The van der Waals surface area contributed by atoms with Crippen molar-refractivity contribution in [3.63, 3.8) is 0 Å². The van der Waals surface area contributed by atoms with Gasteiger partial charge in [-0.05, 0) is 31.2 Å². The van der Waals surface area contributed by atoms with Crippen molar-refractivity contribution >= 4 is 23.2 Å². The molecule has 6 heteroatoms. The van der Waals surface area contributed by atoms with Gasteiger partial charge in [-0.15, -0.1) is 0 Å². The fourth-order valence-corrected chi connectivity index (χ4v) is 3.95. The van der Waals surface area contributed by atoms with E-state index in [-0.39, 0.29) is 30.1 Å². The van der Waals surface area contributed by atoms with E-state index in [0.717, 1.165) is 12.8 Å². The van der Waals surface area contributed by atoms with Crippen LogP contribution in [0.4, 0.5) is 0 Å². The van der Waals surface area contributed by atoms with Crippen LogP contribution in [0.2, 0.25) is 0 Å². The van der Waals surface area contributed by atoms with Crippen molar-refractivity contribution in [2.75, 3.05) is 7.11 Å². The number of fused-ring (bicyclic) bond motifs is 1. The number of likely N-dealkylation sites (tertiary alicyclic amines) is 1. The molecule has 2 saturated heterocycles. The minimum atomic E-state index is -0.548. The molecule has 3 rings (SSSR count). The smallest absolute Gasteiger partial charge is 0.335 e. The van der Waals surface area contributed by atoms with E-state index in [1.165, 1.54) is 18.4 Å². The molecule has 3 heterocycles. The Balaban J connectivity index is 1.82. The molecule has 2 aliphatic heterocycles. The highest BCUT2D eigenvalue weighted by Gasteiger charge is 2.47. The molecule has 0 aliphatic carbocycles.